The molecule has 1 atom stereocenters. The first-order valence-corrected chi connectivity index (χ1v) is 10.9. The van der Waals surface area contributed by atoms with E-state index in [2.05, 4.69) is 4.90 Å². The van der Waals surface area contributed by atoms with Gasteiger partial charge in [0.2, 0.25) is 5.88 Å². The molecule has 1 aliphatic rings. The van der Waals surface area contributed by atoms with Crippen LogP contribution in [0.1, 0.15) is 32.3 Å². The Hall–Kier alpha value is -2.70. The Bertz CT molecular complexity index is 998. The fraction of sp³-hybridized carbons (Fsp3) is 0.400. The second-order valence-corrected chi connectivity index (χ2v) is 8.65. The number of hydrogen-bond donors (Lipinski definition) is 1. The summed E-state index contributed by atoms with van der Waals surface area (Å²) in [6, 6.07) is 16.5. The molecule has 1 aliphatic carbocycles. The molecule has 1 unspecified atom stereocenters. The van der Waals surface area contributed by atoms with E-state index in [1.807, 2.05) is 51.2 Å². The number of aryl methyl sites for hydroxylation is 1. The Labute approximate surface area is 183 Å². The van der Waals surface area contributed by atoms with Gasteiger partial charge in [-0.25, -0.2) is 9.07 Å². The van der Waals surface area contributed by atoms with Gasteiger partial charge in [-0.3, -0.25) is 4.90 Å². The standard InChI is InChI=1S/C25H30FN3O2/c1-17(2)23(30)16-29(20-11-12-20)15-22-24(18-7-5-4-6-8-18)27-28(3)25(22)31-21-13-9-19(26)10-14-21/h4-10,13-14,17,20,23,30H,11-12,15-16H2,1-3H3. The molecule has 1 fully saturated rings. The van der Waals surface area contributed by atoms with Crippen molar-refractivity contribution in [2.24, 2.45) is 13.0 Å². The molecule has 0 aliphatic heterocycles. The summed E-state index contributed by atoms with van der Waals surface area (Å²) in [5.74, 6) is 1.09. The Morgan fingerprint density at radius 3 is 2.42 bits per heavy atom. The highest BCUT2D eigenvalue weighted by molar-refractivity contribution is 5.65. The second kappa shape index (κ2) is 9.20. The molecule has 5 nitrogen and oxygen atoms in total. The zero-order valence-corrected chi connectivity index (χ0v) is 18.3. The van der Waals surface area contributed by atoms with E-state index >= 15 is 0 Å². The monoisotopic (exact) mass is 423 g/mol. The van der Waals surface area contributed by atoms with Gasteiger partial charge in [0.1, 0.15) is 17.3 Å². The summed E-state index contributed by atoms with van der Waals surface area (Å²) in [6.45, 7) is 5.32. The van der Waals surface area contributed by atoms with E-state index in [0.29, 0.717) is 30.8 Å². The summed E-state index contributed by atoms with van der Waals surface area (Å²) >= 11 is 0. The van der Waals surface area contributed by atoms with Crippen LogP contribution in [-0.4, -0.2) is 38.5 Å². The minimum absolute atomic E-state index is 0.193. The van der Waals surface area contributed by atoms with Crippen molar-refractivity contribution in [2.75, 3.05) is 6.54 Å². The SMILES string of the molecule is CC(C)C(O)CN(Cc1c(-c2ccccc2)nn(C)c1Oc1ccc(F)cc1)C1CC1. The van der Waals surface area contributed by atoms with E-state index in [0.717, 1.165) is 29.7 Å². The smallest absolute Gasteiger partial charge is 0.222 e. The summed E-state index contributed by atoms with van der Waals surface area (Å²) in [6.07, 6.45) is 1.89. The zero-order valence-electron chi connectivity index (χ0n) is 18.3. The number of rotatable bonds is 9. The third-order valence-electron chi connectivity index (χ3n) is 5.78. The number of aliphatic hydroxyl groups is 1. The molecule has 1 heterocycles. The molecule has 2 aromatic carbocycles. The fourth-order valence-corrected chi connectivity index (χ4v) is 3.70. The normalized spacial score (nSPS) is 14.9. The lowest BCUT2D eigenvalue weighted by Gasteiger charge is -2.27. The minimum atomic E-state index is -0.390. The van der Waals surface area contributed by atoms with E-state index in [1.54, 1.807) is 16.8 Å². The van der Waals surface area contributed by atoms with Crippen LogP contribution < -0.4 is 4.74 Å². The molecule has 1 N–H and O–H groups in total. The average molecular weight is 424 g/mol. The van der Waals surface area contributed by atoms with Gasteiger partial charge in [-0.05, 0) is 43.0 Å². The molecule has 31 heavy (non-hydrogen) atoms. The van der Waals surface area contributed by atoms with Crippen LogP contribution in [0, 0.1) is 11.7 Å². The van der Waals surface area contributed by atoms with Gasteiger partial charge in [-0.2, -0.15) is 5.10 Å². The van der Waals surface area contributed by atoms with E-state index in [4.69, 9.17) is 9.84 Å². The van der Waals surface area contributed by atoms with Gasteiger partial charge in [0.25, 0.3) is 0 Å². The first-order chi connectivity index (χ1) is 14.9. The van der Waals surface area contributed by atoms with Gasteiger partial charge in [-0.1, -0.05) is 44.2 Å². The zero-order chi connectivity index (χ0) is 22.0. The lowest BCUT2D eigenvalue weighted by molar-refractivity contribution is 0.0694. The highest BCUT2D eigenvalue weighted by Crippen LogP contribution is 2.37. The lowest BCUT2D eigenvalue weighted by Crippen LogP contribution is -2.36. The summed E-state index contributed by atoms with van der Waals surface area (Å²) in [7, 11) is 1.86. The van der Waals surface area contributed by atoms with Gasteiger partial charge >= 0.3 is 0 Å². The highest BCUT2D eigenvalue weighted by atomic mass is 19.1. The van der Waals surface area contributed by atoms with Crippen LogP contribution in [0.2, 0.25) is 0 Å². The van der Waals surface area contributed by atoms with Crippen LogP contribution in [0.5, 0.6) is 11.6 Å². The molecule has 0 amide bonds. The van der Waals surface area contributed by atoms with Gasteiger partial charge in [-0.15, -0.1) is 0 Å². The van der Waals surface area contributed by atoms with Crippen molar-refractivity contribution in [3.05, 3.63) is 66.0 Å². The second-order valence-electron chi connectivity index (χ2n) is 8.65. The summed E-state index contributed by atoms with van der Waals surface area (Å²) in [5.41, 5.74) is 2.85. The predicted octanol–water partition coefficient (Wildman–Crippen LogP) is 5.00. The van der Waals surface area contributed by atoms with Crippen LogP contribution in [0.3, 0.4) is 0 Å². The molecule has 0 radical (unpaired) electrons. The molecule has 6 heteroatoms. The Morgan fingerprint density at radius 1 is 1.13 bits per heavy atom. The Balaban J connectivity index is 1.71. The van der Waals surface area contributed by atoms with Crippen LogP contribution in [0.15, 0.2) is 54.6 Å². The van der Waals surface area contributed by atoms with Crippen molar-refractivity contribution in [3.8, 4) is 22.9 Å². The molecule has 0 saturated heterocycles. The molecular weight excluding hydrogens is 393 g/mol. The summed E-state index contributed by atoms with van der Waals surface area (Å²) in [4.78, 5) is 2.34. The largest absolute Gasteiger partial charge is 0.439 e. The van der Waals surface area contributed by atoms with E-state index < -0.39 is 0 Å². The van der Waals surface area contributed by atoms with Crippen molar-refractivity contribution in [3.63, 3.8) is 0 Å². The van der Waals surface area contributed by atoms with E-state index in [9.17, 15) is 9.50 Å². The fourth-order valence-electron chi connectivity index (χ4n) is 3.70. The number of hydrogen-bond acceptors (Lipinski definition) is 4. The average Bonchev–Trinajstić information content (AvgIpc) is 3.56. The number of benzene rings is 2. The third-order valence-corrected chi connectivity index (χ3v) is 5.78. The quantitative estimate of drug-likeness (QED) is 0.526. The third kappa shape index (κ3) is 5.14. The molecule has 164 valence electrons. The van der Waals surface area contributed by atoms with Crippen molar-refractivity contribution in [2.45, 2.75) is 45.4 Å². The van der Waals surface area contributed by atoms with Gasteiger partial charge in [0, 0.05) is 31.7 Å². The Kier molecular flexibility index (Phi) is 6.39. The Morgan fingerprint density at radius 2 is 1.81 bits per heavy atom. The number of halogens is 1. The summed E-state index contributed by atoms with van der Waals surface area (Å²) < 4.78 is 21.3. The van der Waals surface area contributed by atoms with Crippen LogP contribution in [-0.2, 0) is 13.6 Å². The minimum Gasteiger partial charge on any atom is -0.439 e. The molecule has 1 aromatic heterocycles. The number of aliphatic hydroxyl groups excluding tert-OH is 1. The predicted molar refractivity (Wildman–Crippen MR) is 119 cm³/mol. The van der Waals surface area contributed by atoms with Gasteiger partial charge in [0.15, 0.2) is 0 Å². The van der Waals surface area contributed by atoms with Crippen LogP contribution in [0.25, 0.3) is 11.3 Å². The number of ether oxygens (including phenoxy) is 1. The maximum absolute atomic E-state index is 13.4. The molecule has 0 bridgehead atoms. The van der Waals surface area contributed by atoms with Crippen LogP contribution in [0.4, 0.5) is 4.39 Å². The highest BCUT2D eigenvalue weighted by Gasteiger charge is 2.33. The van der Waals surface area contributed by atoms with E-state index in [-0.39, 0.29) is 17.8 Å². The van der Waals surface area contributed by atoms with Gasteiger partial charge in [0.05, 0.1) is 11.7 Å². The molecule has 3 aromatic rings. The maximum atomic E-state index is 13.4. The van der Waals surface area contributed by atoms with E-state index in [1.165, 1.54) is 12.1 Å². The van der Waals surface area contributed by atoms with Gasteiger partial charge < -0.3 is 9.84 Å². The van der Waals surface area contributed by atoms with Crippen molar-refractivity contribution >= 4 is 0 Å². The van der Waals surface area contributed by atoms with Crippen molar-refractivity contribution in [1.29, 1.82) is 0 Å². The van der Waals surface area contributed by atoms with Crippen LogP contribution >= 0.6 is 0 Å². The molecule has 1 saturated carbocycles. The lowest BCUT2D eigenvalue weighted by atomic mass is 10.0. The van der Waals surface area contributed by atoms with Crippen molar-refractivity contribution < 1.29 is 14.2 Å². The first kappa shape index (κ1) is 21.5. The first-order valence-electron chi connectivity index (χ1n) is 10.9. The van der Waals surface area contributed by atoms with Crippen molar-refractivity contribution in [1.82, 2.24) is 14.7 Å². The molecule has 4 rings (SSSR count). The maximum Gasteiger partial charge on any atom is 0.222 e. The molecule has 0 spiro atoms. The number of nitrogens with zero attached hydrogens (tertiary/aromatic N) is 3. The summed E-state index contributed by atoms with van der Waals surface area (Å²) in [5, 5.41) is 15.3. The topological polar surface area (TPSA) is 50.5 Å². The molecular formula is C25H30FN3O2. The number of aromatic nitrogens is 2.